The van der Waals surface area contributed by atoms with Gasteiger partial charge >= 0.3 is 12.1 Å². The van der Waals surface area contributed by atoms with Gasteiger partial charge in [-0.25, -0.2) is 4.39 Å². The van der Waals surface area contributed by atoms with Gasteiger partial charge in [-0.1, -0.05) is 60.7 Å². The molecule has 0 amide bonds. The molecule has 0 aromatic heterocycles. The predicted octanol–water partition coefficient (Wildman–Crippen LogP) is 3.58. The van der Waals surface area contributed by atoms with Crippen LogP contribution in [0.2, 0.25) is 0 Å². The molecular formula is C18H17F4NO2S. The van der Waals surface area contributed by atoms with E-state index in [0.29, 0.717) is 0 Å². The molecule has 2 aromatic carbocycles. The molecule has 26 heavy (non-hydrogen) atoms. The van der Waals surface area contributed by atoms with Gasteiger partial charge in [-0.15, -0.1) is 0 Å². The third kappa shape index (κ3) is 3.43. The molecule has 0 bridgehead atoms. The van der Waals surface area contributed by atoms with Crippen LogP contribution in [0.5, 0.6) is 0 Å². The highest BCUT2D eigenvalue weighted by molar-refractivity contribution is 7.81. The van der Waals surface area contributed by atoms with E-state index in [0.717, 1.165) is 0 Å². The lowest BCUT2D eigenvalue weighted by Gasteiger charge is -2.42. The Kier molecular flexibility index (Phi) is 5.98. The van der Waals surface area contributed by atoms with Crippen molar-refractivity contribution in [3.8, 4) is 0 Å². The Balaban J connectivity index is 2.78. The second kappa shape index (κ2) is 7.67. The molecule has 3 nitrogen and oxygen atoms in total. The fourth-order valence-corrected chi connectivity index (χ4v) is 3.61. The van der Waals surface area contributed by atoms with Crippen molar-refractivity contribution in [1.29, 1.82) is 0 Å². The number of carboxylic acids is 1. The van der Waals surface area contributed by atoms with Crippen LogP contribution in [-0.2, 0) is 10.2 Å². The minimum atomic E-state index is -4.97. The summed E-state index contributed by atoms with van der Waals surface area (Å²) in [5.41, 5.74) is 1.88. The number of thiol groups is 1. The summed E-state index contributed by atoms with van der Waals surface area (Å²) in [6, 6.07) is 11.3. The molecule has 3 N–H and O–H groups in total. The first-order valence-corrected chi connectivity index (χ1v) is 8.14. The van der Waals surface area contributed by atoms with Crippen molar-refractivity contribution >= 4 is 18.6 Å². The second-order valence-electron chi connectivity index (χ2n) is 5.79. The summed E-state index contributed by atoms with van der Waals surface area (Å²) in [5.74, 6) is -1.74. The van der Waals surface area contributed by atoms with E-state index >= 15 is 0 Å². The van der Waals surface area contributed by atoms with Gasteiger partial charge in [-0.2, -0.15) is 25.8 Å². The van der Waals surface area contributed by atoms with Crippen LogP contribution in [0.4, 0.5) is 17.6 Å². The average Bonchev–Trinajstić information content (AvgIpc) is 2.61. The summed E-state index contributed by atoms with van der Waals surface area (Å²) >= 11 is 3.92. The molecule has 0 saturated heterocycles. The molecular weight excluding hydrogens is 370 g/mol. The van der Waals surface area contributed by atoms with Crippen molar-refractivity contribution in [2.45, 2.75) is 29.1 Å². The van der Waals surface area contributed by atoms with Gasteiger partial charge in [0.25, 0.3) is 0 Å². The van der Waals surface area contributed by atoms with E-state index < -0.39 is 35.0 Å². The predicted molar refractivity (Wildman–Crippen MR) is 93.0 cm³/mol. The van der Waals surface area contributed by atoms with Crippen molar-refractivity contribution < 1.29 is 27.5 Å². The number of benzene rings is 2. The van der Waals surface area contributed by atoms with Crippen LogP contribution in [0, 0.1) is 0 Å². The third-order valence-electron chi connectivity index (χ3n) is 4.28. The zero-order valence-corrected chi connectivity index (χ0v) is 14.3. The smallest absolute Gasteiger partial charge is 0.403 e. The molecule has 0 aliphatic rings. The standard InChI is InChI=1S/C18H17F4NO2S/c19-13(14(23)16(24)25)15(26)17(18(20,21)22,11-7-3-1-4-8-11)12-9-5-2-6-10-12/h1-10,13-15,26H,23H2,(H,24,25)/t13?,14?,15-/m1/s1. The molecule has 2 aromatic rings. The maximum atomic E-state index is 14.8. The number of aliphatic carboxylic acids is 1. The molecule has 0 fully saturated rings. The van der Waals surface area contributed by atoms with Crippen LogP contribution in [0.25, 0.3) is 0 Å². The number of carboxylic acid groups (broad SMARTS) is 1. The highest BCUT2D eigenvalue weighted by Gasteiger charge is 2.63. The van der Waals surface area contributed by atoms with Crippen LogP contribution in [0.15, 0.2) is 60.7 Å². The Morgan fingerprint density at radius 2 is 1.35 bits per heavy atom. The van der Waals surface area contributed by atoms with E-state index in [1.54, 1.807) is 0 Å². The van der Waals surface area contributed by atoms with Crippen molar-refractivity contribution in [1.82, 2.24) is 0 Å². The second-order valence-corrected chi connectivity index (χ2v) is 6.35. The highest BCUT2D eigenvalue weighted by Crippen LogP contribution is 2.52. The Morgan fingerprint density at radius 1 is 0.962 bits per heavy atom. The zero-order valence-electron chi connectivity index (χ0n) is 13.4. The lowest BCUT2D eigenvalue weighted by atomic mass is 9.69. The minimum Gasteiger partial charge on any atom is -0.480 e. The number of rotatable bonds is 6. The first-order chi connectivity index (χ1) is 12.1. The van der Waals surface area contributed by atoms with Crippen molar-refractivity contribution in [3.63, 3.8) is 0 Å². The molecule has 140 valence electrons. The van der Waals surface area contributed by atoms with E-state index in [2.05, 4.69) is 12.6 Å². The summed E-state index contributed by atoms with van der Waals surface area (Å²) in [6.07, 6.45) is -7.53. The Morgan fingerprint density at radius 3 is 1.65 bits per heavy atom. The molecule has 0 spiro atoms. The lowest BCUT2D eigenvalue weighted by Crippen LogP contribution is -2.58. The van der Waals surface area contributed by atoms with Crippen molar-refractivity contribution in [3.05, 3.63) is 71.8 Å². The summed E-state index contributed by atoms with van der Waals surface area (Å²) in [5, 5.41) is 6.85. The molecule has 2 unspecified atom stereocenters. The summed E-state index contributed by atoms with van der Waals surface area (Å²) in [4.78, 5) is 11.0. The summed E-state index contributed by atoms with van der Waals surface area (Å²) < 4.78 is 58.0. The van der Waals surface area contributed by atoms with Gasteiger partial charge in [0, 0.05) is 0 Å². The fourth-order valence-electron chi connectivity index (χ4n) is 2.98. The maximum Gasteiger partial charge on any atom is 0.403 e. The Labute approximate surface area is 153 Å². The van der Waals surface area contributed by atoms with E-state index in [4.69, 9.17) is 10.8 Å². The van der Waals surface area contributed by atoms with Crippen molar-refractivity contribution in [2.75, 3.05) is 0 Å². The molecule has 8 heteroatoms. The number of carbonyl (C=O) groups is 1. The molecule has 0 radical (unpaired) electrons. The Bertz CT molecular complexity index is 700. The molecule has 3 atom stereocenters. The highest BCUT2D eigenvalue weighted by atomic mass is 32.1. The number of hydrogen-bond acceptors (Lipinski definition) is 3. The maximum absolute atomic E-state index is 14.8. The molecule has 0 aliphatic carbocycles. The first-order valence-electron chi connectivity index (χ1n) is 7.62. The number of halogens is 4. The monoisotopic (exact) mass is 387 g/mol. The van der Waals surface area contributed by atoms with Crippen LogP contribution < -0.4 is 5.73 Å². The van der Waals surface area contributed by atoms with Gasteiger partial charge in [-0.05, 0) is 11.1 Å². The first kappa shape index (κ1) is 20.3. The zero-order chi connectivity index (χ0) is 19.5. The van der Waals surface area contributed by atoms with Gasteiger partial charge in [0.2, 0.25) is 0 Å². The fraction of sp³-hybridized carbons (Fsp3) is 0.278. The number of hydrogen-bond donors (Lipinski definition) is 3. The van der Waals surface area contributed by atoms with E-state index in [1.807, 2.05) is 0 Å². The van der Waals surface area contributed by atoms with Crippen molar-refractivity contribution in [2.24, 2.45) is 5.73 Å². The summed E-state index contributed by atoms with van der Waals surface area (Å²) in [7, 11) is 0. The minimum absolute atomic E-state index is 0.251. The van der Waals surface area contributed by atoms with E-state index in [1.165, 1.54) is 60.7 Å². The lowest BCUT2D eigenvalue weighted by molar-refractivity contribution is -0.182. The normalized spacial score (nSPS) is 15.9. The number of alkyl halides is 4. The molecule has 0 aliphatic heterocycles. The van der Waals surface area contributed by atoms with Gasteiger partial charge in [0.15, 0.2) is 0 Å². The van der Waals surface area contributed by atoms with Gasteiger partial charge in [0.05, 0.1) is 5.25 Å². The van der Waals surface area contributed by atoms with Crippen LogP contribution >= 0.6 is 12.6 Å². The van der Waals surface area contributed by atoms with E-state index in [9.17, 15) is 22.4 Å². The van der Waals surface area contributed by atoms with Gasteiger partial charge in [0.1, 0.15) is 17.6 Å². The van der Waals surface area contributed by atoms with Crippen LogP contribution in [0.1, 0.15) is 11.1 Å². The summed E-state index contributed by atoms with van der Waals surface area (Å²) in [6.45, 7) is 0. The SMILES string of the molecule is NC(C(=O)O)C(F)[C@@H](S)C(c1ccccc1)(c1ccccc1)C(F)(F)F. The van der Waals surface area contributed by atoms with Crippen LogP contribution in [0.3, 0.4) is 0 Å². The number of nitrogens with two attached hydrogens (primary N) is 1. The van der Waals surface area contributed by atoms with Gasteiger partial charge in [-0.3, -0.25) is 4.79 Å². The van der Waals surface area contributed by atoms with Gasteiger partial charge < -0.3 is 10.8 Å². The van der Waals surface area contributed by atoms with Crippen LogP contribution in [-0.4, -0.2) is 34.7 Å². The third-order valence-corrected chi connectivity index (χ3v) is 4.95. The molecule has 0 saturated carbocycles. The Hall–Kier alpha value is -2.06. The van der Waals surface area contributed by atoms with E-state index in [-0.39, 0.29) is 11.1 Å². The average molecular weight is 387 g/mol. The quantitative estimate of drug-likeness (QED) is 0.524. The molecule has 0 heterocycles. The largest absolute Gasteiger partial charge is 0.480 e. The topological polar surface area (TPSA) is 63.3 Å². The molecule has 2 rings (SSSR count).